The lowest BCUT2D eigenvalue weighted by atomic mass is 9.63. The van der Waals surface area contributed by atoms with Crippen LogP contribution in [0.15, 0.2) is 41.5 Å². The Kier molecular flexibility index (Phi) is 3.89. The van der Waals surface area contributed by atoms with Gasteiger partial charge in [0.15, 0.2) is 0 Å². The van der Waals surface area contributed by atoms with Crippen molar-refractivity contribution >= 4 is 18.0 Å². The highest BCUT2D eigenvalue weighted by Gasteiger charge is 2.56. The van der Waals surface area contributed by atoms with E-state index in [4.69, 9.17) is 11.2 Å². The van der Waals surface area contributed by atoms with E-state index in [1.54, 1.807) is 12.1 Å². The summed E-state index contributed by atoms with van der Waals surface area (Å²) >= 11 is 0. The van der Waals surface area contributed by atoms with Crippen LogP contribution < -0.4 is 4.74 Å². The van der Waals surface area contributed by atoms with Gasteiger partial charge in [-0.1, -0.05) is 30.2 Å². The molecular formula is C20H18N2O3. The van der Waals surface area contributed by atoms with E-state index in [9.17, 15) is 9.59 Å². The second-order valence-corrected chi connectivity index (χ2v) is 6.64. The fourth-order valence-corrected chi connectivity index (χ4v) is 4.11. The molecule has 5 heteroatoms. The lowest BCUT2D eigenvalue weighted by Crippen LogP contribution is -2.38. The molecule has 1 saturated carbocycles. The highest BCUT2D eigenvalue weighted by molar-refractivity contribution is 6.06. The molecule has 1 aromatic rings. The third-order valence-corrected chi connectivity index (χ3v) is 5.24. The number of imide groups is 1. The summed E-state index contributed by atoms with van der Waals surface area (Å²) in [7, 11) is 0. The number of terminal acetylenes is 1. The maximum absolute atomic E-state index is 12.7. The molecule has 1 saturated heterocycles. The third kappa shape index (κ3) is 2.64. The summed E-state index contributed by atoms with van der Waals surface area (Å²) in [5.74, 6) is 2.55. The first-order chi connectivity index (χ1) is 12.2. The summed E-state index contributed by atoms with van der Waals surface area (Å²) in [6.07, 6.45) is 12.9. The molecule has 5 rings (SSSR count). The molecule has 0 N–H and O–H groups in total. The second-order valence-electron chi connectivity index (χ2n) is 6.64. The Bertz CT molecular complexity index is 788. The Hall–Kier alpha value is -2.87. The number of hydrogen-bond donors (Lipinski definition) is 0. The Labute approximate surface area is 146 Å². The van der Waals surface area contributed by atoms with E-state index in [-0.39, 0.29) is 42.1 Å². The van der Waals surface area contributed by atoms with Crippen molar-refractivity contribution in [3.8, 4) is 18.1 Å². The minimum absolute atomic E-state index is 0.173. The molecule has 126 valence electrons. The van der Waals surface area contributed by atoms with Crippen molar-refractivity contribution in [3.05, 3.63) is 42.0 Å². The zero-order valence-electron chi connectivity index (χ0n) is 13.7. The monoisotopic (exact) mass is 334 g/mol. The number of carbonyl (C=O) groups is 2. The summed E-state index contributed by atoms with van der Waals surface area (Å²) in [6, 6.07) is 7.20. The maximum atomic E-state index is 12.7. The average molecular weight is 334 g/mol. The number of allylic oxidation sites excluding steroid dienone is 2. The number of amides is 2. The molecule has 2 fully saturated rings. The number of rotatable bonds is 4. The fourth-order valence-electron chi connectivity index (χ4n) is 4.11. The Morgan fingerprint density at radius 1 is 1.20 bits per heavy atom. The molecule has 0 radical (unpaired) electrons. The average Bonchev–Trinajstić information content (AvgIpc) is 2.92. The first kappa shape index (κ1) is 15.6. The van der Waals surface area contributed by atoms with E-state index in [2.05, 4.69) is 23.2 Å². The van der Waals surface area contributed by atoms with Crippen LogP contribution in [0.4, 0.5) is 0 Å². The van der Waals surface area contributed by atoms with Crippen LogP contribution in [0.5, 0.6) is 5.75 Å². The van der Waals surface area contributed by atoms with Gasteiger partial charge in [-0.15, -0.1) is 6.42 Å². The zero-order chi connectivity index (χ0) is 17.4. The predicted molar refractivity (Wildman–Crippen MR) is 92.6 cm³/mol. The molecule has 2 amide bonds. The quantitative estimate of drug-likeness (QED) is 0.367. The minimum Gasteiger partial charge on any atom is -0.481 e. The normalized spacial score (nSPS) is 30.0. The van der Waals surface area contributed by atoms with Crippen LogP contribution in [-0.4, -0.2) is 29.6 Å². The van der Waals surface area contributed by atoms with Gasteiger partial charge in [0.2, 0.25) is 0 Å². The van der Waals surface area contributed by atoms with Gasteiger partial charge in [0.1, 0.15) is 12.4 Å². The van der Waals surface area contributed by atoms with Gasteiger partial charge in [-0.25, -0.2) is 0 Å². The van der Waals surface area contributed by atoms with Crippen molar-refractivity contribution < 1.29 is 14.3 Å². The van der Waals surface area contributed by atoms with Crippen molar-refractivity contribution in [1.82, 2.24) is 5.01 Å². The van der Waals surface area contributed by atoms with Crippen LogP contribution in [0.25, 0.3) is 0 Å². The van der Waals surface area contributed by atoms with Gasteiger partial charge < -0.3 is 4.74 Å². The van der Waals surface area contributed by atoms with E-state index < -0.39 is 0 Å². The van der Waals surface area contributed by atoms with Gasteiger partial charge in [-0.05, 0) is 42.4 Å². The molecule has 1 heterocycles. The number of carbonyl (C=O) groups excluding carboxylic acids is 2. The molecule has 25 heavy (non-hydrogen) atoms. The number of hydrogen-bond acceptors (Lipinski definition) is 4. The summed E-state index contributed by atoms with van der Waals surface area (Å²) < 4.78 is 5.37. The molecule has 4 unspecified atom stereocenters. The largest absolute Gasteiger partial charge is 0.481 e. The van der Waals surface area contributed by atoms with E-state index in [0.29, 0.717) is 5.75 Å². The molecule has 0 aromatic heterocycles. The van der Waals surface area contributed by atoms with Crippen molar-refractivity contribution in [2.24, 2.45) is 28.8 Å². The molecule has 3 aliphatic carbocycles. The highest BCUT2D eigenvalue weighted by atomic mass is 16.5. The van der Waals surface area contributed by atoms with E-state index in [1.807, 2.05) is 12.1 Å². The Morgan fingerprint density at radius 2 is 1.88 bits per heavy atom. The smallest absolute Gasteiger partial charge is 0.254 e. The Morgan fingerprint density at radius 3 is 2.48 bits per heavy atom. The Balaban J connectivity index is 1.54. The van der Waals surface area contributed by atoms with Crippen molar-refractivity contribution in [1.29, 1.82) is 0 Å². The highest BCUT2D eigenvalue weighted by Crippen LogP contribution is 2.49. The van der Waals surface area contributed by atoms with Crippen molar-refractivity contribution in [3.63, 3.8) is 0 Å². The lowest BCUT2D eigenvalue weighted by Gasteiger charge is -2.37. The van der Waals surface area contributed by atoms with Crippen LogP contribution >= 0.6 is 0 Å². The molecule has 4 aliphatic rings. The summed E-state index contributed by atoms with van der Waals surface area (Å²) in [4.78, 5) is 25.4. The second kappa shape index (κ2) is 6.21. The van der Waals surface area contributed by atoms with Crippen LogP contribution in [-0.2, 0) is 9.59 Å². The third-order valence-electron chi connectivity index (χ3n) is 5.24. The standard InChI is InChI=1S/C20H18N2O3/c1-2-10-25-16-5-3-4-13(11-16)12-21-22-19(23)17-14-6-7-15(9-8-14)18(17)20(22)24/h1,3-7,11-12,14-15,17-18H,8-10H2/b21-12+. The molecule has 4 atom stereocenters. The van der Waals surface area contributed by atoms with E-state index in [1.165, 1.54) is 6.21 Å². The van der Waals surface area contributed by atoms with Gasteiger partial charge in [-0.2, -0.15) is 10.1 Å². The number of hydrazone groups is 1. The van der Waals surface area contributed by atoms with Crippen LogP contribution in [0.1, 0.15) is 18.4 Å². The minimum atomic E-state index is -0.237. The van der Waals surface area contributed by atoms with Gasteiger partial charge in [0.25, 0.3) is 11.8 Å². The molecule has 1 aliphatic heterocycles. The summed E-state index contributed by atoms with van der Waals surface area (Å²) in [5, 5.41) is 5.24. The van der Waals surface area contributed by atoms with Gasteiger partial charge >= 0.3 is 0 Å². The van der Waals surface area contributed by atoms with Crippen LogP contribution in [0, 0.1) is 36.0 Å². The van der Waals surface area contributed by atoms with Crippen LogP contribution in [0.3, 0.4) is 0 Å². The maximum Gasteiger partial charge on any atom is 0.254 e. The molecule has 1 aromatic carbocycles. The van der Waals surface area contributed by atoms with Gasteiger partial charge in [0, 0.05) is 0 Å². The number of fused-ring (bicyclic) bond motifs is 1. The first-order valence-corrected chi connectivity index (χ1v) is 8.45. The predicted octanol–water partition coefficient (Wildman–Crippen LogP) is 2.23. The fraction of sp³-hybridized carbons (Fsp3) is 0.350. The molecular weight excluding hydrogens is 316 g/mol. The van der Waals surface area contributed by atoms with E-state index in [0.717, 1.165) is 23.4 Å². The molecule has 2 bridgehead atoms. The molecule has 5 nitrogen and oxygen atoms in total. The van der Waals surface area contributed by atoms with Crippen molar-refractivity contribution in [2.75, 3.05) is 6.61 Å². The van der Waals surface area contributed by atoms with E-state index >= 15 is 0 Å². The summed E-state index contributed by atoms with van der Waals surface area (Å²) in [6.45, 7) is 0.183. The lowest BCUT2D eigenvalue weighted by molar-refractivity contribution is -0.140. The summed E-state index contributed by atoms with van der Waals surface area (Å²) in [5.41, 5.74) is 0.742. The number of benzene rings is 1. The van der Waals surface area contributed by atoms with Crippen LogP contribution in [0.2, 0.25) is 0 Å². The zero-order valence-corrected chi connectivity index (χ0v) is 13.7. The SMILES string of the molecule is C#CCOc1cccc(/C=N/N2C(=O)C3C4C=CC(CC4)C3C2=O)c1. The molecule has 0 spiro atoms. The van der Waals surface area contributed by atoms with Crippen molar-refractivity contribution in [2.45, 2.75) is 12.8 Å². The number of nitrogens with zero attached hydrogens (tertiary/aromatic N) is 2. The topological polar surface area (TPSA) is 59.0 Å². The first-order valence-electron chi connectivity index (χ1n) is 8.45. The van der Waals surface area contributed by atoms with Gasteiger partial charge in [0.05, 0.1) is 18.1 Å². The van der Waals surface area contributed by atoms with Gasteiger partial charge in [-0.3, -0.25) is 9.59 Å². The number of ether oxygens (including phenoxy) is 1.